The van der Waals surface area contributed by atoms with Gasteiger partial charge in [-0.25, -0.2) is 14.6 Å². The maximum atomic E-state index is 13.3. The molecule has 17 heavy (non-hydrogen) atoms. The monoisotopic (exact) mass is 241 g/mol. The second kappa shape index (κ2) is 4.34. The molecule has 3 N–H and O–H groups in total. The number of aromatic nitrogens is 3. The Morgan fingerprint density at radius 2 is 2.18 bits per heavy atom. The minimum absolute atomic E-state index is 0.286. The number of hydrogen-bond donors (Lipinski definition) is 2. The molecule has 0 atom stereocenters. The van der Waals surface area contributed by atoms with E-state index in [1.165, 1.54) is 17.1 Å². The zero-order valence-corrected chi connectivity index (χ0v) is 8.82. The van der Waals surface area contributed by atoms with E-state index in [4.69, 9.17) is 10.6 Å². The van der Waals surface area contributed by atoms with Crippen molar-refractivity contribution >= 4 is 5.82 Å². The Morgan fingerprint density at radius 1 is 1.41 bits per heavy atom. The molecule has 0 fully saturated rings. The zero-order chi connectivity index (χ0) is 12.4. The minimum Gasteiger partial charge on any atom is -0.433 e. The van der Waals surface area contributed by atoms with Crippen LogP contribution in [0.3, 0.4) is 0 Å². The molecule has 0 saturated carbocycles. The van der Waals surface area contributed by atoms with Crippen LogP contribution < -0.4 is 16.0 Å². The van der Waals surface area contributed by atoms with Crippen molar-refractivity contribution in [3.05, 3.63) is 30.1 Å². The highest BCUT2D eigenvalue weighted by Gasteiger charge is 2.13. The molecule has 2 rings (SSSR count). The van der Waals surface area contributed by atoms with Gasteiger partial charge in [-0.3, -0.25) is 4.68 Å². The van der Waals surface area contributed by atoms with Crippen LogP contribution in [0.1, 0.15) is 0 Å². The Morgan fingerprint density at radius 3 is 2.76 bits per heavy atom. The third-order valence-electron chi connectivity index (χ3n) is 1.93. The first-order chi connectivity index (χ1) is 8.10. The number of pyridine rings is 1. The van der Waals surface area contributed by atoms with Gasteiger partial charge in [0.2, 0.25) is 0 Å². The number of hydrazine groups is 1. The van der Waals surface area contributed by atoms with Crippen LogP contribution in [0.15, 0.2) is 18.5 Å². The van der Waals surface area contributed by atoms with Crippen LogP contribution in [0.2, 0.25) is 0 Å². The molecule has 90 valence electrons. The van der Waals surface area contributed by atoms with E-state index in [1.54, 1.807) is 7.05 Å². The number of nitrogens with one attached hydrogen (secondary N) is 1. The van der Waals surface area contributed by atoms with Gasteiger partial charge in [0.25, 0.3) is 5.88 Å². The number of nitrogens with two attached hydrogens (primary N) is 1. The van der Waals surface area contributed by atoms with Crippen LogP contribution in [0.25, 0.3) is 0 Å². The number of ether oxygens (including phenoxy) is 1. The molecule has 0 radical (unpaired) electrons. The molecule has 0 aliphatic carbocycles. The van der Waals surface area contributed by atoms with Gasteiger partial charge >= 0.3 is 0 Å². The number of halogens is 2. The first kappa shape index (κ1) is 11.3. The van der Waals surface area contributed by atoms with Gasteiger partial charge in [0.15, 0.2) is 23.2 Å². The Hall–Kier alpha value is -2.22. The molecule has 2 heterocycles. The van der Waals surface area contributed by atoms with Crippen LogP contribution in [0, 0.1) is 11.6 Å². The van der Waals surface area contributed by atoms with Gasteiger partial charge in [-0.05, 0) is 0 Å². The van der Waals surface area contributed by atoms with E-state index < -0.39 is 11.6 Å². The molecule has 0 unspecified atom stereocenters. The lowest BCUT2D eigenvalue weighted by molar-refractivity contribution is 0.417. The molecule has 8 heteroatoms. The van der Waals surface area contributed by atoms with Gasteiger partial charge in [-0.2, -0.15) is 10.1 Å². The molecule has 0 aliphatic heterocycles. The Balaban J connectivity index is 2.32. The van der Waals surface area contributed by atoms with E-state index >= 15 is 0 Å². The zero-order valence-electron chi connectivity index (χ0n) is 8.82. The highest BCUT2D eigenvalue weighted by Crippen LogP contribution is 2.24. The first-order valence-electron chi connectivity index (χ1n) is 4.59. The van der Waals surface area contributed by atoms with E-state index in [2.05, 4.69) is 10.1 Å². The summed E-state index contributed by atoms with van der Waals surface area (Å²) in [6, 6.07) is 0.633. The number of aryl methyl sites for hydroxylation is 1. The fourth-order valence-corrected chi connectivity index (χ4v) is 1.19. The molecule has 0 spiro atoms. The summed E-state index contributed by atoms with van der Waals surface area (Å²) < 4.78 is 33.0. The van der Waals surface area contributed by atoms with Gasteiger partial charge in [0.1, 0.15) is 0 Å². The minimum atomic E-state index is -0.926. The summed E-state index contributed by atoms with van der Waals surface area (Å²) in [7, 11) is 1.67. The molecular weight excluding hydrogens is 232 g/mol. The van der Waals surface area contributed by atoms with Crippen molar-refractivity contribution in [2.45, 2.75) is 0 Å². The summed E-state index contributed by atoms with van der Waals surface area (Å²) in [5.74, 6) is 2.80. The molecular formula is C9H9F2N5O. The summed E-state index contributed by atoms with van der Waals surface area (Å²) in [5, 5.41) is 3.83. The second-order valence-corrected chi connectivity index (χ2v) is 3.20. The Kier molecular flexibility index (Phi) is 2.88. The van der Waals surface area contributed by atoms with Crippen LogP contribution in [-0.4, -0.2) is 14.8 Å². The predicted octanol–water partition coefficient (Wildman–Crippen LogP) is 1.17. The number of nitrogen functional groups attached to an aromatic ring is 1. The van der Waals surface area contributed by atoms with Crippen LogP contribution in [-0.2, 0) is 7.05 Å². The van der Waals surface area contributed by atoms with Crippen molar-refractivity contribution in [1.82, 2.24) is 14.8 Å². The third kappa shape index (κ3) is 2.31. The number of hydrogen-bond acceptors (Lipinski definition) is 5. The molecule has 0 bridgehead atoms. The average Bonchev–Trinajstić information content (AvgIpc) is 2.68. The number of anilines is 1. The van der Waals surface area contributed by atoms with Crippen molar-refractivity contribution < 1.29 is 13.5 Å². The van der Waals surface area contributed by atoms with E-state index in [1.807, 2.05) is 5.43 Å². The van der Waals surface area contributed by atoms with Crippen LogP contribution in [0.5, 0.6) is 11.6 Å². The summed E-state index contributed by atoms with van der Waals surface area (Å²) >= 11 is 0. The smallest absolute Gasteiger partial charge is 0.258 e. The molecule has 0 aliphatic rings. The lowest BCUT2D eigenvalue weighted by Gasteiger charge is -2.06. The van der Waals surface area contributed by atoms with Crippen molar-refractivity contribution in [1.29, 1.82) is 0 Å². The van der Waals surface area contributed by atoms with Crippen LogP contribution in [0.4, 0.5) is 14.6 Å². The molecule has 2 aromatic heterocycles. The fourth-order valence-electron chi connectivity index (χ4n) is 1.19. The lowest BCUT2D eigenvalue weighted by Crippen LogP contribution is -2.11. The second-order valence-electron chi connectivity index (χ2n) is 3.20. The molecule has 0 aromatic carbocycles. The van der Waals surface area contributed by atoms with Crippen molar-refractivity contribution in [2.24, 2.45) is 12.9 Å². The number of nitrogens with zero attached hydrogens (tertiary/aromatic N) is 3. The topological polar surface area (TPSA) is 78.0 Å². The van der Waals surface area contributed by atoms with Crippen LogP contribution >= 0.6 is 0 Å². The van der Waals surface area contributed by atoms with Gasteiger partial charge in [-0.1, -0.05) is 0 Å². The average molecular weight is 241 g/mol. The van der Waals surface area contributed by atoms with E-state index in [-0.39, 0.29) is 17.4 Å². The molecule has 2 aromatic rings. The third-order valence-corrected chi connectivity index (χ3v) is 1.93. The van der Waals surface area contributed by atoms with E-state index in [0.717, 1.165) is 0 Å². The van der Waals surface area contributed by atoms with Gasteiger partial charge < -0.3 is 10.2 Å². The van der Waals surface area contributed by atoms with E-state index in [9.17, 15) is 8.78 Å². The standard InChI is InChI=1S/C9H9F2N5O/c1-16-4-5(3-13-16)17-9-7(11)2-6(10)8(14-9)15-12/h2-4H,12H2,1H3,(H,14,15). The van der Waals surface area contributed by atoms with Gasteiger partial charge in [-0.15, -0.1) is 0 Å². The summed E-state index contributed by atoms with van der Waals surface area (Å²) in [6.07, 6.45) is 2.89. The van der Waals surface area contributed by atoms with Crippen molar-refractivity contribution in [2.75, 3.05) is 5.43 Å². The highest BCUT2D eigenvalue weighted by molar-refractivity contribution is 5.39. The predicted molar refractivity (Wildman–Crippen MR) is 55.2 cm³/mol. The lowest BCUT2D eigenvalue weighted by atomic mass is 10.4. The molecule has 0 amide bonds. The highest BCUT2D eigenvalue weighted by atomic mass is 19.1. The summed E-state index contributed by atoms with van der Waals surface area (Å²) in [6.45, 7) is 0. The molecule has 6 nitrogen and oxygen atoms in total. The van der Waals surface area contributed by atoms with E-state index in [0.29, 0.717) is 6.07 Å². The molecule has 0 saturated heterocycles. The summed E-state index contributed by atoms with van der Waals surface area (Å²) in [4.78, 5) is 3.55. The Labute approximate surface area is 95.0 Å². The van der Waals surface area contributed by atoms with Crippen molar-refractivity contribution in [3.63, 3.8) is 0 Å². The quantitative estimate of drug-likeness (QED) is 0.623. The maximum Gasteiger partial charge on any atom is 0.258 e. The van der Waals surface area contributed by atoms with Gasteiger partial charge in [0.05, 0.1) is 12.4 Å². The Bertz CT molecular complexity index is 542. The van der Waals surface area contributed by atoms with Gasteiger partial charge in [0, 0.05) is 13.1 Å². The largest absolute Gasteiger partial charge is 0.433 e. The maximum absolute atomic E-state index is 13.3. The van der Waals surface area contributed by atoms with Crippen molar-refractivity contribution in [3.8, 4) is 11.6 Å². The number of rotatable bonds is 3. The fraction of sp³-hybridized carbons (Fsp3) is 0.111. The first-order valence-corrected chi connectivity index (χ1v) is 4.59. The normalized spacial score (nSPS) is 10.4. The SMILES string of the molecule is Cn1cc(Oc2nc(NN)c(F)cc2F)cn1. The summed E-state index contributed by atoms with van der Waals surface area (Å²) in [5.41, 5.74) is 2.00.